The number of aromatic nitrogens is 6. The number of benzene rings is 1. The Hall–Kier alpha value is -3.69. The first-order valence-corrected chi connectivity index (χ1v) is 9.61. The number of fused-ring (bicyclic) bond motifs is 2. The Morgan fingerprint density at radius 3 is 2.87 bits per heavy atom. The zero-order valence-corrected chi connectivity index (χ0v) is 16.8. The van der Waals surface area contributed by atoms with Gasteiger partial charge in [0.2, 0.25) is 11.8 Å². The lowest BCUT2D eigenvalue weighted by atomic mass is 9.67. The summed E-state index contributed by atoms with van der Waals surface area (Å²) < 4.78 is 9.02. The molecule has 2 N–H and O–H groups in total. The second-order valence-electron chi connectivity index (χ2n) is 8.00. The van der Waals surface area contributed by atoms with Crippen LogP contribution in [0.25, 0.3) is 27.7 Å². The molecule has 1 aliphatic rings. The third kappa shape index (κ3) is 2.75. The Labute approximate surface area is 171 Å². The minimum absolute atomic E-state index is 0.0167. The van der Waals surface area contributed by atoms with Crippen molar-refractivity contribution in [2.24, 2.45) is 12.5 Å². The van der Waals surface area contributed by atoms with Crippen LogP contribution in [0.2, 0.25) is 0 Å². The van der Waals surface area contributed by atoms with Crippen LogP contribution >= 0.6 is 0 Å². The maximum Gasteiger partial charge on any atom is 0.309 e. The van der Waals surface area contributed by atoms with E-state index in [9.17, 15) is 9.90 Å². The summed E-state index contributed by atoms with van der Waals surface area (Å²) in [6.45, 7) is 1.75. The zero-order valence-electron chi connectivity index (χ0n) is 16.8. The standard InChI is InChI=1S/C20H21N7O3/c1-20(18(28)29)9-12(10-20)21-19-22-17(30-3)16-13(6-7-27(16)24-19)11-4-5-14-15(8-11)26(2)25-23-14/h4-8,12H,9-10H2,1-3H3,(H,21,24)(H,28,29). The summed E-state index contributed by atoms with van der Waals surface area (Å²) >= 11 is 0. The molecule has 0 saturated heterocycles. The first-order valence-electron chi connectivity index (χ1n) is 9.61. The normalized spacial score (nSPS) is 21.0. The lowest BCUT2D eigenvalue weighted by Gasteiger charge is -2.41. The van der Waals surface area contributed by atoms with Crippen molar-refractivity contribution in [2.45, 2.75) is 25.8 Å². The maximum absolute atomic E-state index is 11.3. The third-order valence-electron chi connectivity index (χ3n) is 5.84. The fourth-order valence-corrected chi connectivity index (χ4v) is 4.11. The second kappa shape index (κ2) is 6.41. The minimum Gasteiger partial charge on any atom is -0.481 e. The molecule has 1 saturated carbocycles. The maximum atomic E-state index is 11.3. The molecule has 0 spiro atoms. The molecule has 154 valence electrons. The summed E-state index contributed by atoms with van der Waals surface area (Å²) in [5.74, 6) is 0.0754. The summed E-state index contributed by atoms with van der Waals surface area (Å²) in [5, 5.41) is 25.2. The number of methoxy groups -OCH3 is 1. The summed E-state index contributed by atoms with van der Waals surface area (Å²) in [5.41, 5.74) is 3.73. The number of ether oxygens (including phenoxy) is 1. The summed E-state index contributed by atoms with van der Waals surface area (Å²) in [6.07, 6.45) is 2.91. The Morgan fingerprint density at radius 2 is 2.13 bits per heavy atom. The highest BCUT2D eigenvalue weighted by atomic mass is 16.5. The number of carboxylic acids is 1. The molecule has 30 heavy (non-hydrogen) atoms. The van der Waals surface area contributed by atoms with E-state index in [2.05, 4.69) is 25.7 Å². The van der Waals surface area contributed by atoms with Crippen molar-refractivity contribution in [3.8, 4) is 17.0 Å². The zero-order chi connectivity index (χ0) is 21.0. The van der Waals surface area contributed by atoms with Gasteiger partial charge in [-0.2, -0.15) is 4.98 Å². The van der Waals surface area contributed by atoms with Crippen molar-refractivity contribution >= 4 is 28.5 Å². The number of aryl methyl sites for hydroxylation is 1. The number of hydrogen-bond donors (Lipinski definition) is 2. The molecular weight excluding hydrogens is 386 g/mol. The van der Waals surface area contributed by atoms with Gasteiger partial charge >= 0.3 is 5.97 Å². The fourth-order valence-electron chi connectivity index (χ4n) is 4.11. The third-order valence-corrected chi connectivity index (χ3v) is 5.84. The van der Waals surface area contributed by atoms with E-state index in [1.807, 2.05) is 37.5 Å². The van der Waals surface area contributed by atoms with Gasteiger partial charge in [-0.25, -0.2) is 9.20 Å². The number of nitrogens with zero attached hydrogens (tertiary/aromatic N) is 6. The molecule has 0 bridgehead atoms. The number of aliphatic carboxylic acids is 1. The molecule has 0 amide bonds. The van der Waals surface area contributed by atoms with Gasteiger partial charge in [-0.3, -0.25) is 4.79 Å². The topological polar surface area (TPSA) is 119 Å². The fraction of sp³-hybridized carbons (Fsp3) is 0.350. The largest absolute Gasteiger partial charge is 0.481 e. The van der Waals surface area contributed by atoms with Gasteiger partial charge in [0.05, 0.1) is 18.0 Å². The van der Waals surface area contributed by atoms with E-state index in [0.29, 0.717) is 24.7 Å². The van der Waals surface area contributed by atoms with Crippen LogP contribution < -0.4 is 10.1 Å². The number of hydrogen-bond acceptors (Lipinski definition) is 7. The lowest BCUT2D eigenvalue weighted by molar-refractivity contribution is -0.153. The quantitative estimate of drug-likeness (QED) is 0.517. The molecule has 0 atom stereocenters. The minimum atomic E-state index is -0.773. The monoisotopic (exact) mass is 407 g/mol. The molecule has 10 heteroatoms. The highest BCUT2D eigenvalue weighted by Gasteiger charge is 2.46. The predicted octanol–water partition coefficient (Wildman–Crippen LogP) is 2.35. The average Bonchev–Trinajstić information content (AvgIpc) is 3.29. The van der Waals surface area contributed by atoms with Crippen molar-refractivity contribution in [1.29, 1.82) is 0 Å². The van der Waals surface area contributed by atoms with Gasteiger partial charge < -0.3 is 15.2 Å². The SMILES string of the molecule is COc1nc(NC2CC(C)(C(=O)O)C2)nn2ccc(-c3ccc4nnn(C)c4c3)c12. The van der Waals surface area contributed by atoms with Crippen molar-refractivity contribution in [1.82, 2.24) is 29.6 Å². The van der Waals surface area contributed by atoms with Gasteiger partial charge in [-0.1, -0.05) is 11.3 Å². The molecule has 10 nitrogen and oxygen atoms in total. The molecule has 0 unspecified atom stereocenters. The number of rotatable bonds is 5. The van der Waals surface area contributed by atoms with Crippen LogP contribution in [0, 0.1) is 5.41 Å². The Bertz CT molecular complexity index is 1290. The van der Waals surface area contributed by atoms with E-state index in [1.54, 1.807) is 23.2 Å². The van der Waals surface area contributed by atoms with E-state index in [4.69, 9.17) is 4.74 Å². The number of nitrogens with one attached hydrogen (secondary N) is 1. The van der Waals surface area contributed by atoms with Crippen molar-refractivity contribution in [3.63, 3.8) is 0 Å². The van der Waals surface area contributed by atoms with Crippen LogP contribution in [0.5, 0.6) is 5.88 Å². The Kier molecular flexibility index (Phi) is 3.92. The van der Waals surface area contributed by atoms with Crippen molar-refractivity contribution < 1.29 is 14.6 Å². The van der Waals surface area contributed by atoms with Gasteiger partial charge in [-0.15, -0.1) is 10.2 Å². The van der Waals surface area contributed by atoms with Crippen LogP contribution in [0.3, 0.4) is 0 Å². The highest BCUT2D eigenvalue weighted by molar-refractivity contribution is 5.89. The van der Waals surface area contributed by atoms with Gasteiger partial charge in [0.15, 0.2) is 0 Å². The Morgan fingerprint density at radius 1 is 1.33 bits per heavy atom. The molecule has 5 rings (SSSR count). The smallest absolute Gasteiger partial charge is 0.309 e. The number of anilines is 1. The van der Waals surface area contributed by atoms with Gasteiger partial charge in [0.1, 0.15) is 11.0 Å². The van der Waals surface area contributed by atoms with E-state index in [-0.39, 0.29) is 6.04 Å². The molecule has 1 fully saturated rings. The van der Waals surface area contributed by atoms with E-state index in [1.165, 1.54) is 0 Å². The van der Waals surface area contributed by atoms with Crippen LogP contribution in [0.1, 0.15) is 19.8 Å². The molecule has 1 aromatic carbocycles. The molecule has 3 aromatic heterocycles. The summed E-state index contributed by atoms with van der Waals surface area (Å²) in [6, 6.07) is 7.92. The number of carboxylic acid groups (broad SMARTS) is 1. The van der Waals surface area contributed by atoms with Crippen LogP contribution in [-0.2, 0) is 11.8 Å². The van der Waals surface area contributed by atoms with E-state index >= 15 is 0 Å². The van der Waals surface area contributed by atoms with Crippen molar-refractivity contribution in [3.05, 3.63) is 30.5 Å². The van der Waals surface area contributed by atoms with Gasteiger partial charge in [0, 0.05) is 24.8 Å². The van der Waals surface area contributed by atoms with Crippen LogP contribution in [-0.4, -0.2) is 53.8 Å². The second-order valence-corrected chi connectivity index (χ2v) is 8.00. The number of carbonyl (C=O) groups is 1. The van der Waals surface area contributed by atoms with Crippen LogP contribution in [0.4, 0.5) is 5.95 Å². The predicted molar refractivity (Wildman–Crippen MR) is 109 cm³/mol. The molecule has 4 aromatic rings. The molecule has 1 aliphatic carbocycles. The molecular formula is C20H21N7O3. The lowest BCUT2D eigenvalue weighted by Crippen LogP contribution is -2.48. The molecule has 3 heterocycles. The van der Waals surface area contributed by atoms with Gasteiger partial charge in [-0.05, 0) is 43.5 Å². The highest BCUT2D eigenvalue weighted by Crippen LogP contribution is 2.42. The first-order chi connectivity index (χ1) is 14.4. The van der Waals surface area contributed by atoms with E-state index in [0.717, 1.165) is 27.7 Å². The molecule has 0 aliphatic heterocycles. The van der Waals surface area contributed by atoms with E-state index < -0.39 is 11.4 Å². The van der Waals surface area contributed by atoms with Crippen molar-refractivity contribution in [2.75, 3.05) is 12.4 Å². The van der Waals surface area contributed by atoms with Gasteiger partial charge in [0.25, 0.3) is 0 Å². The van der Waals surface area contributed by atoms with Crippen LogP contribution in [0.15, 0.2) is 30.5 Å². The summed E-state index contributed by atoms with van der Waals surface area (Å²) in [7, 11) is 3.43. The summed E-state index contributed by atoms with van der Waals surface area (Å²) in [4.78, 5) is 15.8. The molecule has 0 radical (unpaired) electrons. The average molecular weight is 407 g/mol. The Balaban J connectivity index is 1.50. The first kappa shape index (κ1) is 18.3.